The highest BCUT2D eigenvalue weighted by Crippen LogP contribution is 2.35. The van der Waals surface area contributed by atoms with Crippen LogP contribution in [0.1, 0.15) is 16.7 Å². The molecule has 4 rings (SSSR count). The van der Waals surface area contributed by atoms with Gasteiger partial charge in [-0.3, -0.25) is 0 Å². The zero-order chi connectivity index (χ0) is 26.1. The predicted octanol–water partition coefficient (Wildman–Crippen LogP) is 4.94. The van der Waals surface area contributed by atoms with Gasteiger partial charge in [0.25, 0.3) is 0 Å². The van der Waals surface area contributed by atoms with Crippen molar-refractivity contribution in [3.8, 4) is 28.7 Å². The number of aryl methyl sites for hydroxylation is 1. The van der Waals surface area contributed by atoms with Gasteiger partial charge in [0.2, 0.25) is 5.95 Å². The Morgan fingerprint density at radius 3 is 2.56 bits per heavy atom. The Bertz CT molecular complexity index is 1450. The lowest BCUT2D eigenvalue weighted by molar-refractivity contribution is 1.02. The fourth-order valence-electron chi connectivity index (χ4n) is 2.77. The quantitative estimate of drug-likeness (QED) is 0.351. The number of anilines is 2. The maximum absolute atomic E-state index is 8.89. The van der Waals surface area contributed by atoms with Crippen LogP contribution < -0.4 is 10.6 Å². The van der Waals surface area contributed by atoms with Crippen molar-refractivity contribution in [1.29, 1.82) is 5.26 Å². The SMILES string of the molecule is [2H]C([2H])(Nc1ccc(C#N)cn1)C([2H])([2H])Nc1ncc(-c2ncc(C)[nH]2)c(-c2ccc(Cl)cc2Cl)n1. The number of hydrogen-bond acceptors (Lipinski definition) is 7. The molecular weight excluding hydrogens is 447 g/mol. The predicted molar refractivity (Wildman–Crippen MR) is 126 cm³/mol. The van der Waals surface area contributed by atoms with Gasteiger partial charge in [-0.15, -0.1) is 0 Å². The molecule has 4 aromatic rings. The van der Waals surface area contributed by atoms with Gasteiger partial charge in [0, 0.05) is 47.9 Å². The van der Waals surface area contributed by atoms with E-state index in [0.717, 1.165) is 5.69 Å². The molecule has 0 bridgehead atoms. The number of imidazole rings is 1. The average molecular weight is 469 g/mol. The molecule has 3 heterocycles. The molecule has 8 nitrogen and oxygen atoms in total. The highest BCUT2D eigenvalue weighted by Gasteiger charge is 2.16. The zero-order valence-electron chi connectivity index (χ0n) is 20.6. The first-order valence-electron chi connectivity index (χ1n) is 11.3. The van der Waals surface area contributed by atoms with Gasteiger partial charge in [-0.1, -0.05) is 23.2 Å². The van der Waals surface area contributed by atoms with Crippen molar-refractivity contribution in [3.05, 3.63) is 70.2 Å². The number of rotatable bonds is 7. The topological polar surface area (TPSA) is 115 Å². The van der Waals surface area contributed by atoms with E-state index in [4.69, 9.17) is 33.9 Å². The van der Waals surface area contributed by atoms with Crippen molar-refractivity contribution in [3.63, 3.8) is 0 Å². The highest BCUT2D eigenvalue weighted by molar-refractivity contribution is 6.36. The van der Waals surface area contributed by atoms with E-state index in [1.54, 1.807) is 24.4 Å². The van der Waals surface area contributed by atoms with E-state index in [9.17, 15) is 0 Å². The lowest BCUT2D eigenvalue weighted by Crippen LogP contribution is -2.16. The van der Waals surface area contributed by atoms with E-state index in [0.29, 0.717) is 32.7 Å². The van der Waals surface area contributed by atoms with E-state index >= 15 is 0 Å². The molecule has 0 aliphatic rings. The fraction of sp³-hybridized carbons (Fsp3) is 0.136. The molecule has 0 amide bonds. The molecule has 0 saturated heterocycles. The summed E-state index contributed by atoms with van der Waals surface area (Å²) < 4.78 is 33.3. The van der Waals surface area contributed by atoms with E-state index < -0.39 is 13.0 Å². The van der Waals surface area contributed by atoms with Crippen LogP contribution in [0.25, 0.3) is 22.6 Å². The molecule has 0 saturated carbocycles. The summed E-state index contributed by atoms with van der Waals surface area (Å²) in [6.07, 6.45) is 4.33. The van der Waals surface area contributed by atoms with Crippen LogP contribution in [-0.4, -0.2) is 37.9 Å². The summed E-state index contributed by atoms with van der Waals surface area (Å²) >= 11 is 12.5. The summed E-state index contributed by atoms with van der Waals surface area (Å²) in [6.45, 7) is -3.52. The van der Waals surface area contributed by atoms with E-state index in [1.807, 2.05) is 13.0 Å². The van der Waals surface area contributed by atoms with Crippen LogP contribution in [-0.2, 0) is 0 Å². The molecule has 3 N–H and O–H groups in total. The van der Waals surface area contributed by atoms with Crippen LogP contribution in [0.2, 0.25) is 10.0 Å². The summed E-state index contributed by atoms with van der Waals surface area (Å²) in [6, 6.07) is 9.59. The number of hydrogen-bond donors (Lipinski definition) is 3. The van der Waals surface area contributed by atoms with Gasteiger partial charge < -0.3 is 15.6 Å². The fourth-order valence-corrected chi connectivity index (χ4v) is 3.27. The van der Waals surface area contributed by atoms with Crippen molar-refractivity contribution in [2.45, 2.75) is 6.92 Å². The second kappa shape index (κ2) is 9.64. The molecule has 0 atom stereocenters. The monoisotopic (exact) mass is 468 g/mol. The first-order valence-corrected chi connectivity index (χ1v) is 10.0. The van der Waals surface area contributed by atoms with Gasteiger partial charge >= 0.3 is 0 Å². The minimum atomic E-state index is -2.70. The molecule has 0 spiro atoms. The van der Waals surface area contributed by atoms with Gasteiger partial charge in [-0.05, 0) is 37.3 Å². The maximum atomic E-state index is 8.89. The number of nitrogens with zero attached hydrogens (tertiary/aromatic N) is 5. The smallest absolute Gasteiger partial charge is 0.223 e. The average Bonchev–Trinajstić information content (AvgIpc) is 3.25. The Kier molecular flexibility index (Phi) is 5.11. The molecule has 0 aliphatic heterocycles. The summed E-state index contributed by atoms with van der Waals surface area (Å²) in [5.74, 6) is 0.334. The van der Waals surface area contributed by atoms with Gasteiger partial charge in [0.05, 0.1) is 27.3 Å². The van der Waals surface area contributed by atoms with E-state index in [1.165, 1.54) is 24.5 Å². The van der Waals surface area contributed by atoms with Crippen molar-refractivity contribution in [1.82, 2.24) is 24.9 Å². The number of nitrogens with one attached hydrogen (secondary N) is 3. The lowest BCUT2D eigenvalue weighted by atomic mass is 10.1. The molecule has 10 heteroatoms. The number of pyridine rings is 1. The van der Waals surface area contributed by atoms with Crippen molar-refractivity contribution in [2.24, 2.45) is 0 Å². The van der Waals surface area contributed by atoms with Crippen molar-refractivity contribution in [2.75, 3.05) is 23.6 Å². The first kappa shape index (κ1) is 17.0. The Hall–Kier alpha value is -3.67. The molecule has 3 aromatic heterocycles. The summed E-state index contributed by atoms with van der Waals surface area (Å²) in [5.41, 5.74) is 2.44. The van der Waals surface area contributed by atoms with Crippen LogP contribution in [0.3, 0.4) is 0 Å². The first-order chi connectivity index (χ1) is 17.0. The Morgan fingerprint density at radius 1 is 1.03 bits per heavy atom. The largest absolute Gasteiger partial charge is 0.368 e. The maximum Gasteiger partial charge on any atom is 0.223 e. The summed E-state index contributed by atoms with van der Waals surface area (Å²) in [7, 11) is 0. The normalized spacial score (nSPS) is 13.3. The summed E-state index contributed by atoms with van der Waals surface area (Å²) in [5, 5.41) is 14.5. The van der Waals surface area contributed by atoms with E-state index in [-0.39, 0.29) is 17.3 Å². The minimum absolute atomic E-state index is 0.0442. The third-order valence-electron chi connectivity index (χ3n) is 4.25. The van der Waals surface area contributed by atoms with Crippen LogP contribution in [0.4, 0.5) is 11.8 Å². The number of aromatic amines is 1. The van der Waals surface area contributed by atoms with Gasteiger partial charge in [-0.2, -0.15) is 5.26 Å². The number of H-pyrrole nitrogens is 1. The van der Waals surface area contributed by atoms with Crippen LogP contribution >= 0.6 is 23.2 Å². The summed E-state index contributed by atoms with van der Waals surface area (Å²) in [4.78, 5) is 20.0. The van der Waals surface area contributed by atoms with Gasteiger partial charge in [0.1, 0.15) is 17.7 Å². The van der Waals surface area contributed by atoms with Gasteiger partial charge in [-0.25, -0.2) is 19.9 Å². The van der Waals surface area contributed by atoms with Crippen molar-refractivity contribution < 1.29 is 5.48 Å². The number of halogens is 2. The Labute approximate surface area is 200 Å². The Morgan fingerprint density at radius 2 is 1.88 bits per heavy atom. The second-order valence-corrected chi connectivity index (χ2v) is 7.38. The number of nitriles is 1. The van der Waals surface area contributed by atoms with Crippen LogP contribution in [0.5, 0.6) is 0 Å². The van der Waals surface area contributed by atoms with Crippen LogP contribution in [0, 0.1) is 18.3 Å². The molecule has 0 unspecified atom stereocenters. The second-order valence-electron chi connectivity index (χ2n) is 6.54. The molecule has 0 radical (unpaired) electrons. The lowest BCUT2D eigenvalue weighted by Gasteiger charge is -2.12. The molecule has 0 aliphatic carbocycles. The zero-order valence-corrected chi connectivity index (χ0v) is 18.1. The Balaban J connectivity index is 1.69. The minimum Gasteiger partial charge on any atom is -0.368 e. The van der Waals surface area contributed by atoms with Crippen molar-refractivity contribution >= 4 is 35.0 Å². The third kappa shape index (κ3) is 4.97. The highest BCUT2D eigenvalue weighted by atomic mass is 35.5. The van der Waals surface area contributed by atoms with Crippen LogP contribution in [0.15, 0.2) is 48.9 Å². The van der Waals surface area contributed by atoms with Gasteiger partial charge in [0.15, 0.2) is 0 Å². The molecule has 0 fully saturated rings. The van der Waals surface area contributed by atoms with E-state index in [2.05, 4.69) is 35.6 Å². The number of benzene rings is 1. The molecular formula is C22H18Cl2N8. The molecule has 32 heavy (non-hydrogen) atoms. The number of aromatic nitrogens is 5. The third-order valence-corrected chi connectivity index (χ3v) is 4.80. The standard InChI is InChI=1S/C22H18Cl2N8/c1-13-10-29-21(31-13)17-12-30-22(32-20(17)16-4-3-15(23)8-18(16)24)27-7-6-26-19-5-2-14(9-25)11-28-19/h2-5,8,10-12H,6-7H2,1H3,(H,26,28)(H,29,31)(H,27,30,32)/i6D2,7D2. The molecule has 1 aromatic carbocycles. The molecule has 160 valence electrons.